The molecule has 0 fully saturated rings. The van der Waals surface area contributed by atoms with Crippen molar-refractivity contribution in [1.29, 1.82) is 0 Å². The van der Waals surface area contributed by atoms with E-state index in [1.807, 2.05) is 36.4 Å². The number of imidazole rings is 1. The molecule has 3 rings (SSSR count). The van der Waals surface area contributed by atoms with Gasteiger partial charge in [0.2, 0.25) is 0 Å². The van der Waals surface area contributed by atoms with Crippen molar-refractivity contribution in [1.82, 2.24) is 14.9 Å². The van der Waals surface area contributed by atoms with Crippen LogP contribution in [0.5, 0.6) is 0 Å². The first-order chi connectivity index (χ1) is 13.7. The summed E-state index contributed by atoms with van der Waals surface area (Å²) in [6, 6.07) is 17.6. The van der Waals surface area contributed by atoms with Crippen molar-refractivity contribution in [2.75, 3.05) is 12.0 Å². The number of aromatic nitrogens is 2. The Morgan fingerprint density at radius 1 is 1.11 bits per heavy atom. The van der Waals surface area contributed by atoms with Gasteiger partial charge in [-0.05, 0) is 49.1 Å². The molecule has 1 amide bonds. The van der Waals surface area contributed by atoms with Gasteiger partial charge >= 0.3 is 0 Å². The summed E-state index contributed by atoms with van der Waals surface area (Å²) in [5, 5.41) is 3.24. The van der Waals surface area contributed by atoms with Crippen molar-refractivity contribution in [2.45, 2.75) is 45.2 Å². The van der Waals surface area contributed by atoms with Gasteiger partial charge in [0.05, 0.1) is 17.1 Å². The van der Waals surface area contributed by atoms with E-state index in [0.29, 0.717) is 5.56 Å². The van der Waals surface area contributed by atoms with Crippen LogP contribution in [0.15, 0.2) is 54.6 Å². The Kier molecular flexibility index (Phi) is 7.54. The number of carbonyl (C=O) groups excluding carboxylic acids is 1. The lowest BCUT2D eigenvalue weighted by atomic mass is 10.1. The van der Waals surface area contributed by atoms with Gasteiger partial charge in [-0.25, -0.2) is 4.98 Å². The number of rotatable bonds is 10. The molecule has 0 aliphatic heterocycles. The summed E-state index contributed by atoms with van der Waals surface area (Å²) in [5.41, 5.74) is 2.83. The number of unbranched alkanes of at least 4 members (excludes halogenated alkanes) is 2. The zero-order valence-electron chi connectivity index (χ0n) is 16.7. The Morgan fingerprint density at radius 3 is 2.61 bits per heavy atom. The molecule has 1 atom stereocenters. The summed E-state index contributed by atoms with van der Waals surface area (Å²) < 4.78 is 2.31. The second-order valence-electron chi connectivity index (χ2n) is 6.99. The van der Waals surface area contributed by atoms with Crippen molar-refractivity contribution < 1.29 is 4.79 Å². The summed E-state index contributed by atoms with van der Waals surface area (Å²) in [6.45, 7) is 3.15. The highest BCUT2D eigenvalue weighted by atomic mass is 32.2. The van der Waals surface area contributed by atoms with E-state index in [1.54, 1.807) is 11.8 Å². The number of hydrogen-bond acceptors (Lipinski definition) is 3. The molecule has 2 aromatic carbocycles. The maximum absolute atomic E-state index is 12.8. The number of thioether (sulfide) groups is 1. The van der Waals surface area contributed by atoms with E-state index < -0.39 is 0 Å². The molecule has 1 heterocycles. The van der Waals surface area contributed by atoms with Crippen molar-refractivity contribution in [3.05, 3.63) is 66.0 Å². The van der Waals surface area contributed by atoms with Crippen LogP contribution in [0.4, 0.5) is 0 Å². The predicted molar refractivity (Wildman–Crippen MR) is 119 cm³/mol. The van der Waals surface area contributed by atoms with Gasteiger partial charge in [0.15, 0.2) is 0 Å². The lowest BCUT2D eigenvalue weighted by molar-refractivity contribution is 0.0933. The molecule has 0 unspecified atom stereocenters. The normalized spacial score (nSPS) is 12.2. The number of benzene rings is 2. The quantitative estimate of drug-likeness (QED) is 0.464. The van der Waals surface area contributed by atoms with Crippen LogP contribution in [-0.2, 0) is 6.54 Å². The first-order valence-electron chi connectivity index (χ1n) is 10.0. The molecule has 0 saturated heterocycles. The molecule has 28 heavy (non-hydrogen) atoms. The van der Waals surface area contributed by atoms with E-state index in [0.717, 1.165) is 42.0 Å². The second-order valence-corrected chi connectivity index (χ2v) is 7.98. The average Bonchev–Trinajstić information content (AvgIpc) is 3.10. The molecule has 3 aromatic rings. The topological polar surface area (TPSA) is 46.9 Å². The zero-order valence-corrected chi connectivity index (χ0v) is 17.5. The van der Waals surface area contributed by atoms with E-state index in [9.17, 15) is 4.79 Å². The van der Waals surface area contributed by atoms with Crippen molar-refractivity contribution >= 4 is 28.7 Å². The van der Waals surface area contributed by atoms with Crippen molar-refractivity contribution in [3.63, 3.8) is 0 Å². The number of nitrogens with one attached hydrogen (secondary N) is 1. The SMILES string of the molecule is CCCCCn1c([C@@H](CCSC)NC(=O)c2ccccc2)nc2ccccc21. The molecular weight excluding hydrogens is 366 g/mol. The zero-order chi connectivity index (χ0) is 19.8. The van der Waals surface area contributed by atoms with Crippen LogP contribution in [0.2, 0.25) is 0 Å². The van der Waals surface area contributed by atoms with Crippen LogP contribution in [0.3, 0.4) is 0 Å². The van der Waals surface area contributed by atoms with E-state index >= 15 is 0 Å². The fourth-order valence-electron chi connectivity index (χ4n) is 3.45. The molecule has 1 aromatic heterocycles. The highest BCUT2D eigenvalue weighted by molar-refractivity contribution is 7.98. The molecule has 1 N–H and O–H groups in total. The summed E-state index contributed by atoms with van der Waals surface area (Å²) in [7, 11) is 0. The standard InChI is InChI=1S/C23H29N3OS/c1-3-4-10-16-26-21-14-9-8-13-19(21)24-22(26)20(15-17-28-2)25-23(27)18-11-6-5-7-12-18/h5-9,11-14,20H,3-4,10,15-17H2,1-2H3,(H,25,27)/t20-/m1/s1. The summed E-state index contributed by atoms with van der Waals surface area (Å²) in [4.78, 5) is 17.8. The number of para-hydroxylation sites is 2. The van der Waals surface area contributed by atoms with Gasteiger partial charge in [0.25, 0.3) is 5.91 Å². The van der Waals surface area contributed by atoms with Crippen LogP contribution < -0.4 is 5.32 Å². The number of aryl methyl sites for hydroxylation is 1. The van der Waals surface area contributed by atoms with Crippen molar-refractivity contribution in [2.24, 2.45) is 0 Å². The van der Waals surface area contributed by atoms with Gasteiger partial charge in [-0.3, -0.25) is 4.79 Å². The molecule has 4 nitrogen and oxygen atoms in total. The molecule has 0 aliphatic carbocycles. The number of nitrogens with zero attached hydrogens (tertiary/aromatic N) is 2. The Morgan fingerprint density at radius 2 is 1.86 bits per heavy atom. The Balaban J connectivity index is 1.93. The van der Waals surface area contributed by atoms with Gasteiger partial charge < -0.3 is 9.88 Å². The van der Waals surface area contributed by atoms with Gasteiger partial charge in [-0.15, -0.1) is 0 Å². The van der Waals surface area contributed by atoms with E-state index in [2.05, 4.69) is 41.3 Å². The van der Waals surface area contributed by atoms with Crippen LogP contribution >= 0.6 is 11.8 Å². The highest BCUT2D eigenvalue weighted by Crippen LogP contribution is 2.25. The molecule has 0 aliphatic rings. The first-order valence-corrected chi connectivity index (χ1v) is 11.4. The van der Waals surface area contributed by atoms with Gasteiger partial charge in [0.1, 0.15) is 5.82 Å². The fraction of sp³-hybridized carbons (Fsp3) is 0.391. The lowest BCUT2D eigenvalue weighted by Gasteiger charge is -2.20. The van der Waals surface area contributed by atoms with Crippen LogP contribution in [0, 0.1) is 0 Å². The minimum Gasteiger partial charge on any atom is -0.342 e. The van der Waals surface area contributed by atoms with Gasteiger partial charge in [0, 0.05) is 12.1 Å². The number of amides is 1. The second kappa shape index (κ2) is 10.3. The number of fused-ring (bicyclic) bond motifs is 1. The highest BCUT2D eigenvalue weighted by Gasteiger charge is 2.22. The third kappa shape index (κ3) is 4.96. The summed E-state index contributed by atoms with van der Waals surface area (Å²) >= 11 is 1.79. The lowest BCUT2D eigenvalue weighted by Crippen LogP contribution is -2.31. The molecule has 0 saturated carbocycles. The number of hydrogen-bond donors (Lipinski definition) is 1. The third-order valence-electron chi connectivity index (χ3n) is 4.93. The minimum absolute atomic E-state index is 0.0427. The predicted octanol–water partition coefficient (Wildman–Crippen LogP) is 5.45. The first kappa shape index (κ1) is 20.5. The van der Waals surface area contributed by atoms with Gasteiger partial charge in [-0.1, -0.05) is 50.1 Å². The van der Waals surface area contributed by atoms with Gasteiger partial charge in [-0.2, -0.15) is 11.8 Å². The average molecular weight is 396 g/mol. The van der Waals surface area contributed by atoms with Crippen LogP contribution in [-0.4, -0.2) is 27.5 Å². The Hall–Kier alpha value is -2.27. The smallest absolute Gasteiger partial charge is 0.251 e. The summed E-state index contributed by atoms with van der Waals surface area (Å²) in [6.07, 6.45) is 6.45. The number of carbonyl (C=O) groups is 1. The Bertz CT molecular complexity index is 891. The summed E-state index contributed by atoms with van der Waals surface area (Å²) in [5.74, 6) is 1.90. The maximum Gasteiger partial charge on any atom is 0.251 e. The van der Waals surface area contributed by atoms with Crippen LogP contribution in [0.1, 0.15) is 54.8 Å². The molecular formula is C23H29N3OS. The van der Waals surface area contributed by atoms with E-state index in [1.165, 1.54) is 12.8 Å². The Labute approximate surface area is 171 Å². The molecule has 0 bridgehead atoms. The van der Waals surface area contributed by atoms with Crippen LogP contribution in [0.25, 0.3) is 11.0 Å². The molecule has 148 valence electrons. The fourth-order valence-corrected chi connectivity index (χ4v) is 3.92. The molecule has 0 spiro atoms. The molecule has 0 radical (unpaired) electrons. The maximum atomic E-state index is 12.8. The minimum atomic E-state index is -0.103. The van der Waals surface area contributed by atoms with E-state index in [4.69, 9.17) is 4.98 Å². The monoisotopic (exact) mass is 395 g/mol. The molecule has 5 heteroatoms. The largest absolute Gasteiger partial charge is 0.342 e. The van der Waals surface area contributed by atoms with Crippen molar-refractivity contribution in [3.8, 4) is 0 Å². The third-order valence-corrected chi connectivity index (χ3v) is 5.58. The van der Waals surface area contributed by atoms with E-state index in [-0.39, 0.29) is 11.9 Å².